The number of pyridine rings is 1. The van der Waals surface area contributed by atoms with Crippen molar-refractivity contribution in [1.29, 1.82) is 0 Å². The number of rotatable bonds is 15. The molecule has 0 spiro atoms. The molecular formula is C32H39N3O6. The Labute approximate surface area is 241 Å². The Bertz CT molecular complexity index is 1370. The summed E-state index contributed by atoms with van der Waals surface area (Å²) < 4.78 is 23.0. The number of hydrogen-bond acceptors (Lipinski definition) is 8. The number of unbranched alkanes of at least 4 members (excludes halogenated alkanes) is 1. The molecular weight excluding hydrogens is 522 g/mol. The number of esters is 1. The summed E-state index contributed by atoms with van der Waals surface area (Å²) in [6, 6.07) is 11.6. The van der Waals surface area contributed by atoms with Crippen LogP contribution in [0.5, 0.6) is 23.0 Å². The highest BCUT2D eigenvalue weighted by Gasteiger charge is 2.19. The summed E-state index contributed by atoms with van der Waals surface area (Å²) in [7, 11) is 1.55. The summed E-state index contributed by atoms with van der Waals surface area (Å²) >= 11 is 0. The van der Waals surface area contributed by atoms with Crippen LogP contribution in [0.3, 0.4) is 0 Å². The molecule has 3 rings (SSSR count). The molecule has 0 bridgehead atoms. The largest absolute Gasteiger partial charge is 0.493 e. The lowest BCUT2D eigenvalue weighted by atomic mass is 10.1. The van der Waals surface area contributed by atoms with Gasteiger partial charge in [-0.05, 0) is 56.7 Å². The molecule has 0 aliphatic rings. The zero-order valence-corrected chi connectivity index (χ0v) is 24.1. The fourth-order valence-corrected chi connectivity index (χ4v) is 4.02. The standard InChI is InChI=1S/C32H39N3O6/c1-6-9-10-21(4)40-32(37)26(33)16-18-39-30-20-27-25(19-29(30)38-5)28(15-17-34-27)41-24-13-11-23(12-14-24)35-31(36)22(7-2)8-3/h7-8,11-15,17,19-21,26H,2,6,9-10,16,18,33H2,1,3-5H3,(H,35,36)/b22-8+/t21?,26-/m0/s1. The number of allylic oxidation sites excluding steroid dienone is 1. The maximum Gasteiger partial charge on any atom is 0.323 e. The quantitative estimate of drug-likeness (QED) is 0.125. The summed E-state index contributed by atoms with van der Waals surface area (Å²) in [5, 5.41) is 3.54. The molecule has 1 aromatic heterocycles. The van der Waals surface area contributed by atoms with E-state index in [1.54, 1.807) is 68.8 Å². The molecule has 0 fully saturated rings. The predicted octanol–water partition coefficient (Wildman–Crippen LogP) is 6.32. The number of ether oxygens (including phenoxy) is 4. The molecule has 1 unspecified atom stereocenters. The molecule has 0 aliphatic heterocycles. The number of benzene rings is 2. The zero-order valence-electron chi connectivity index (χ0n) is 24.1. The van der Waals surface area contributed by atoms with E-state index >= 15 is 0 Å². The Morgan fingerprint density at radius 2 is 1.85 bits per heavy atom. The van der Waals surface area contributed by atoms with Crippen LogP contribution in [0.4, 0.5) is 5.69 Å². The minimum atomic E-state index is -0.782. The molecule has 0 saturated heterocycles. The van der Waals surface area contributed by atoms with Gasteiger partial charge in [-0.3, -0.25) is 14.6 Å². The molecule has 1 amide bonds. The highest BCUT2D eigenvalue weighted by atomic mass is 16.5. The van der Waals surface area contributed by atoms with Crippen molar-refractivity contribution in [3.05, 3.63) is 73.0 Å². The first-order valence-electron chi connectivity index (χ1n) is 13.7. The summed E-state index contributed by atoms with van der Waals surface area (Å²) in [6.45, 7) is 9.59. The Balaban J connectivity index is 1.66. The van der Waals surface area contributed by atoms with Gasteiger partial charge in [0.25, 0.3) is 5.91 Å². The Morgan fingerprint density at radius 1 is 1.10 bits per heavy atom. The maximum atomic E-state index is 12.3. The first-order valence-corrected chi connectivity index (χ1v) is 13.7. The van der Waals surface area contributed by atoms with Gasteiger partial charge in [0.15, 0.2) is 11.5 Å². The number of hydrogen-bond donors (Lipinski definition) is 2. The van der Waals surface area contributed by atoms with Crippen LogP contribution in [0.1, 0.15) is 46.5 Å². The summed E-state index contributed by atoms with van der Waals surface area (Å²) in [4.78, 5) is 29.0. The average molecular weight is 562 g/mol. The third-order valence-corrected chi connectivity index (χ3v) is 6.39. The zero-order chi connectivity index (χ0) is 29.8. The SMILES string of the molecule is C=C/C(=C\C)C(=O)Nc1ccc(Oc2ccnc3cc(OCC[C@H](N)C(=O)OC(C)CCCC)c(OC)cc23)cc1. The van der Waals surface area contributed by atoms with Crippen LogP contribution in [0.25, 0.3) is 10.9 Å². The van der Waals surface area contributed by atoms with Gasteiger partial charge in [-0.1, -0.05) is 38.5 Å². The number of nitrogens with two attached hydrogens (primary N) is 1. The van der Waals surface area contributed by atoms with Crippen molar-refractivity contribution < 1.29 is 28.5 Å². The van der Waals surface area contributed by atoms with Crippen molar-refractivity contribution >= 4 is 28.5 Å². The molecule has 1 heterocycles. The van der Waals surface area contributed by atoms with E-state index in [9.17, 15) is 9.59 Å². The number of fused-ring (bicyclic) bond motifs is 1. The number of aromatic nitrogens is 1. The smallest absolute Gasteiger partial charge is 0.323 e. The van der Waals surface area contributed by atoms with Gasteiger partial charge < -0.3 is 30.0 Å². The molecule has 2 aromatic carbocycles. The lowest BCUT2D eigenvalue weighted by molar-refractivity contribution is -0.150. The fraction of sp³-hybridized carbons (Fsp3) is 0.344. The molecule has 0 saturated carbocycles. The second kappa shape index (κ2) is 15.4. The normalized spacial score (nSPS) is 12.8. The molecule has 218 valence electrons. The van der Waals surface area contributed by atoms with Crippen LogP contribution in [0.15, 0.2) is 73.0 Å². The van der Waals surface area contributed by atoms with Gasteiger partial charge in [0.05, 0.1) is 25.3 Å². The first kappa shape index (κ1) is 31.2. The van der Waals surface area contributed by atoms with E-state index in [2.05, 4.69) is 23.8 Å². The third kappa shape index (κ3) is 8.81. The lowest BCUT2D eigenvalue weighted by Gasteiger charge is -2.17. The van der Waals surface area contributed by atoms with Crippen molar-refractivity contribution in [3.63, 3.8) is 0 Å². The number of methoxy groups -OCH3 is 1. The van der Waals surface area contributed by atoms with Crippen LogP contribution in [-0.2, 0) is 14.3 Å². The van der Waals surface area contributed by atoms with Gasteiger partial charge >= 0.3 is 5.97 Å². The van der Waals surface area contributed by atoms with E-state index < -0.39 is 12.0 Å². The van der Waals surface area contributed by atoms with E-state index in [4.69, 9.17) is 24.7 Å². The number of amides is 1. The molecule has 0 aliphatic carbocycles. The van der Waals surface area contributed by atoms with Gasteiger partial charge in [-0.2, -0.15) is 0 Å². The number of carbonyl (C=O) groups is 2. The monoisotopic (exact) mass is 561 g/mol. The van der Waals surface area contributed by atoms with Crippen LogP contribution in [-0.4, -0.2) is 42.7 Å². The van der Waals surface area contributed by atoms with Crippen molar-refractivity contribution in [2.75, 3.05) is 19.0 Å². The molecule has 3 aromatic rings. The highest BCUT2D eigenvalue weighted by Crippen LogP contribution is 2.37. The maximum absolute atomic E-state index is 12.3. The van der Waals surface area contributed by atoms with Crippen LogP contribution in [0.2, 0.25) is 0 Å². The van der Waals surface area contributed by atoms with Crippen LogP contribution in [0, 0.1) is 0 Å². The van der Waals surface area contributed by atoms with Crippen molar-refractivity contribution in [2.45, 2.75) is 58.6 Å². The summed E-state index contributed by atoms with van der Waals surface area (Å²) in [6.07, 6.45) is 7.82. The molecule has 2 atom stereocenters. The third-order valence-electron chi connectivity index (χ3n) is 6.39. The number of carbonyl (C=O) groups excluding carboxylic acids is 2. The Morgan fingerprint density at radius 3 is 2.51 bits per heavy atom. The summed E-state index contributed by atoms with van der Waals surface area (Å²) in [5.41, 5.74) is 7.79. The number of nitrogens with zero attached hydrogens (tertiary/aromatic N) is 1. The van der Waals surface area contributed by atoms with Crippen molar-refractivity contribution in [1.82, 2.24) is 4.98 Å². The topological polar surface area (TPSA) is 122 Å². The Kier molecular flexibility index (Phi) is 11.7. The first-order chi connectivity index (χ1) is 19.8. The minimum Gasteiger partial charge on any atom is -0.493 e. The molecule has 3 N–H and O–H groups in total. The van der Waals surface area contributed by atoms with Gasteiger partial charge in [-0.25, -0.2) is 0 Å². The van der Waals surface area contributed by atoms with E-state index in [-0.39, 0.29) is 25.0 Å². The second-order valence-corrected chi connectivity index (χ2v) is 9.49. The minimum absolute atomic E-state index is 0.162. The van der Waals surface area contributed by atoms with Crippen LogP contribution < -0.4 is 25.3 Å². The van der Waals surface area contributed by atoms with E-state index in [0.29, 0.717) is 39.8 Å². The Hall–Kier alpha value is -4.37. The summed E-state index contributed by atoms with van der Waals surface area (Å²) in [5.74, 6) is 1.44. The van der Waals surface area contributed by atoms with Crippen molar-refractivity contribution in [3.8, 4) is 23.0 Å². The van der Waals surface area contributed by atoms with Gasteiger partial charge in [-0.15, -0.1) is 0 Å². The van der Waals surface area contributed by atoms with E-state index in [1.807, 2.05) is 6.92 Å². The van der Waals surface area contributed by atoms with Gasteiger partial charge in [0, 0.05) is 35.3 Å². The van der Waals surface area contributed by atoms with E-state index in [1.165, 1.54) is 6.08 Å². The fourth-order valence-electron chi connectivity index (χ4n) is 4.02. The van der Waals surface area contributed by atoms with Crippen molar-refractivity contribution in [2.24, 2.45) is 5.73 Å². The number of anilines is 1. The average Bonchev–Trinajstić information content (AvgIpc) is 2.97. The molecule has 41 heavy (non-hydrogen) atoms. The molecule has 0 radical (unpaired) electrons. The second-order valence-electron chi connectivity index (χ2n) is 9.49. The lowest BCUT2D eigenvalue weighted by Crippen LogP contribution is -2.35. The van der Waals surface area contributed by atoms with Crippen LogP contribution >= 0.6 is 0 Å². The van der Waals surface area contributed by atoms with E-state index in [0.717, 1.165) is 24.6 Å². The molecule has 9 nitrogen and oxygen atoms in total. The predicted molar refractivity (Wildman–Crippen MR) is 161 cm³/mol. The van der Waals surface area contributed by atoms with Gasteiger partial charge in [0.2, 0.25) is 0 Å². The van der Waals surface area contributed by atoms with Gasteiger partial charge in [0.1, 0.15) is 17.5 Å². The molecule has 9 heteroatoms. The highest BCUT2D eigenvalue weighted by molar-refractivity contribution is 6.05. The number of nitrogens with one attached hydrogen (secondary N) is 1.